The minimum Gasteiger partial charge on any atom is -0.486 e. The van der Waals surface area contributed by atoms with Crippen molar-refractivity contribution in [1.29, 1.82) is 0 Å². The first-order valence-corrected chi connectivity index (χ1v) is 6.87. The second-order valence-electron chi connectivity index (χ2n) is 3.84. The van der Waals surface area contributed by atoms with E-state index < -0.39 is 11.6 Å². The summed E-state index contributed by atoms with van der Waals surface area (Å²) in [6.07, 6.45) is 0. The van der Waals surface area contributed by atoms with Crippen molar-refractivity contribution in [3.8, 4) is 5.75 Å². The molecule has 19 heavy (non-hydrogen) atoms. The Balaban J connectivity index is 2.19. The highest BCUT2D eigenvalue weighted by Crippen LogP contribution is 2.36. The van der Waals surface area contributed by atoms with Gasteiger partial charge in [-0.2, -0.15) is 0 Å². The molecule has 0 aliphatic carbocycles. The molecule has 0 saturated heterocycles. The van der Waals surface area contributed by atoms with Gasteiger partial charge in [0.2, 0.25) is 0 Å². The third-order valence-corrected chi connectivity index (χ3v) is 3.59. The molecule has 2 nitrogen and oxygen atoms in total. The summed E-state index contributed by atoms with van der Waals surface area (Å²) in [6, 6.07) is 6.73. The van der Waals surface area contributed by atoms with E-state index in [2.05, 4.69) is 31.9 Å². The lowest BCUT2D eigenvalue weighted by Crippen LogP contribution is -2.00. The molecule has 0 aliphatic rings. The van der Waals surface area contributed by atoms with E-state index in [1.165, 1.54) is 12.1 Å². The van der Waals surface area contributed by atoms with Gasteiger partial charge in [0.15, 0.2) is 0 Å². The quantitative estimate of drug-likeness (QED) is 0.771. The Hall–Kier alpha value is -1.14. The molecule has 0 aliphatic heterocycles. The molecule has 6 heteroatoms. The predicted octanol–water partition coefficient (Wildman–Crippen LogP) is 4.65. The van der Waals surface area contributed by atoms with Crippen LogP contribution in [0, 0.1) is 11.6 Å². The van der Waals surface area contributed by atoms with E-state index in [-0.39, 0.29) is 12.2 Å². The fourth-order valence-corrected chi connectivity index (χ4v) is 2.96. The van der Waals surface area contributed by atoms with Crippen LogP contribution >= 0.6 is 31.9 Å². The third-order valence-electron chi connectivity index (χ3n) is 2.41. The molecular formula is C13H9Br2F2NO. The minimum atomic E-state index is -0.636. The van der Waals surface area contributed by atoms with Gasteiger partial charge in [-0.25, -0.2) is 8.78 Å². The maximum Gasteiger partial charge on any atom is 0.148 e. The number of rotatable bonds is 3. The number of hydrogen-bond acceptors (Lipinski definition) is 2. The molecular weight excluding hydrogens is 384 g/mol. The number of nitrogen functional groups attached to an aromatic ring is 1. The molecule has 0 saturated carbocycles. The van der Waals surface area contributed by atoms with Gasteiger partial charge >= 0.3 is 0 Å². The van der Waals surface area contributed by atoms with Gasteiger partial charge in [-0.05, 0) is 56.1 Å². The minimum absolute atomic E-state index is 0.00671. The smallest absolute Gasteiger partial charge is 0.148 e. The van der Waals surface area contributed by atoms with Crippen molar-refractivity contribution >= 4 is 37.5 Å². The summed E-state index contributed by atoms with van der Waals surface area (Å²) in [5, 5.41) is 0. The summed E-state index contributed by atoms with van der Waals surface area (Å²) >= 11 is 6.63. The molecule has 0 atom stereocenters. The SMILES string of the molecule is Nc1cc(Br)c(OCc2ccc(F)cc2F)c(Br)c1. The zero-order chi connectivity index (χ0) is 14.0. The molecule has 2 rings (SSSR count). The number of ether oxygens (including phenoxy) is 1. The van der Waals surface area contributed by atoms with Crippen molar-refractivity contribution in [2.24, 2.45) is 0 Å². The Morgan fingerprint density at radius 3 is 2.26 bits per heavy atom. The van der Waals surface area contributed by atoms with Crippen LogP contribution in [0.3, 0.4) is 0 Å². The van der Waals surface area contributed by atoms with E-state index >= 15 is 0 Å². The van der Waals surface area contributed by atoms with Crippen LogP contribution in [0.15, 0.2) is 39.3 Å². The van der Waals surface area contributed by atoms with Crippen LogP contribution in [0.1, 0.15) is 5.56 Å². The topological polar surface area (TPSA) is 35.2 Å². The first-order valence-electron chi connectivity index (χ1n) is 5.28. The zero-order valence-electron chi connectivity index (χ0n) is 9.59. The lowest BCUT2D eigenvalue weighted by atomic mass is 10.2. The molecule has 2 N–H and O–H groups in total. The summed E-state index contributed by atoms with van der Waals surface area (Å²) in [5.41, 5.74) is 6.50. The Morgan fingerprint density at radius 1 is 1.05 bits per heavy atom. The molecule has 0 amide bonds. The molecule has 0 heterocycles. The van der Waals surface area contributed by atoms with Crippen molar-refractivity contribution in [3.63, 3.8) is 0 Å². The highest BCUT2D eigenvalue weighted by Gasteiger charge is 2.10. The van der Waals surface area contributed by atoms with Gasteiger partial charge < -0.3 is 10.5 Å². The van der Waals surface area contributed by atoms with Crippen LogP contribution < -0.4 is 10.5 Å². The van der Waals surface area contributed by atoms with Gasteiger partial charge in [0, 0.05) is 17.3 Å². The maximum absolute atomic E-state index is 13.5. The summed E-state index contributed by atoms with van der Waals surface area (Å²) < 4.78 is 33.1. The molecule has 0 aromatic heterocycles. The summed E-state index contributed by atoms with van der Waals surface area (Å²) in [4.78, 5) is 0. The van der Waals surface area contributed by atoms with Gasteiger partial charge in [0.05, 0.1) is 8.95 Å². The fraction of sp³-hybridized carbons (Fsp3) is 0.0769. The first-order chi connectivity index (χ1) is 8.97. The highest BCUT2D eigenvalue weighted by molar-refractivity contribution is 9.11. The number of benzene rings is 2. The van der Waals surface area contributed by atoms with Crippen molar-refractivity contribution < 1.29 is 13.5 Å². The lowest BCUT2D eigenvalue weighted by molar-refractivity contribution is 0.295. The Kier molecular flexibility index (Phi) is 4.42. The van der Waals surface area contributed by atoms with Crippen LogP contribution in [-0.2, 0) is 6.61 Å². The molecule has 0 unspecified atom stereocenters. The van der Waals surface area contributed by atoms with Crippen LogP contribution in [-0.4, -0.2) is 0 Å². The van der Waals surface area contributed by atoms with Crippen LogP contribution in [0.4, 0.5) is 14.5 Å². The molecule has 2 aromatic rings. The molecule has 0 bridgehead atoms. The second kappa shape index (κ2) is 5.88. The van der Waals surface area contributed by atoms with Crippen LogP contribution in [0.5, 0.6) is 5.75 Å². The first kappa shape index (κ1) is 14.3. The lowest BCUT2D eigenvalue weighted by Gasteiger charge is -2.11. The van der Waals surface area contributed by atoms with Gasteiger partial charge in [-0.15, -0.1) is 0 Å². The van der Waals surface area contributed by atoms with E-state index in [1.807, 2.05) is 0 Å². The summed E-state index contributed by atoms with van der Waals surface area (Å²) in [6.45, 7) is -0.00671. The molecule has 0 fully saturated rings. The van der Waals surface area contributed by atoms with Gasteiger partial charge in [-0.1, -0.05) is 0 Å². The van der Waals surface area contributed by atoms with Gasteiger partial charge in [-0.3, -0.25) is 0 Å². The average Bonchev–Trinajstić information content (AvgIpc) is 2.30. The maximum atomic E-state index is 13.5. The summed E-state index contributed by atoms with van der Waals surface area (Å²) in [5.74, 6) is -0.739. The molecule has 0 radical (unpaired) electrons. The van der Waals surface area contributed by atoms with E-state index in [0.29, 0.717) is 20.4 Å². The van der Waals surface area contributed by atoms with E-state index in [0.717, 1.165) is 6.07 Å². The van der Waals surface area contributed by atoms with Gasteiger partial charge in [0.1, 0.15) is 24.0 Å². The Morgan fingerprint density at radius 2 is 1.68 bits per heavy atom. The van der Waals surface area contributed by atoms with Crippen LogP contribution in [0.25, 0.3) is 0 Å². The molecule has 2 aromatic carbocycles. The third kappa shape index (κ3) is 3.45. The van der Waals surface area contributed by atoms with E-state index in [9.17, 15) is 8.78 Å². The number of hydrogen-bond donors (Lipinski definition) is 1. The average molecular weight is 393 g/mol. The van der Waals surface area contributed by atoms with Crippen molar-refractivity contribution in [3.05, 3.63) is 56.5 Å². The number of anilines is 1. The second-order valence-corrected chi connectivity index (χ2v) is 5.55. The predicted molar refractivity (Wildman–Crippen MR) is 76.9 cm³/mol. The van der Waals surface area contributed by atoms with Gasteiger partial charge in [0.25, 0.3) is 0 Å². The number of nitrogens with two attached hydrogens (primary N) is 1. The fourth-order valence-electron chi connectivity index (χ4n) is 1.51. The van der Waals surface area contributed by atoms with Crippen molar-refractivity contribution in [2.75, 3.05) is 5.73 Å². The van der Waals surface area contributed by atoms with Crippen LogP contribution in [0.2, 0.25) is 0 Å². The Bertz CT molecular complexity index is 597. The standard InChI is InChI=1S/C13H9Br2F2NO/c14-10-4-9(18)5-11(15)13(10)19-6-7-1-2-8(16)3-12(7)17/h1-5H,6,18H2. The van der Waals surface area contributed by atoms with Crippen molar-refractivity contribution in [2.45, 2.75) is 6.61 Å². The number of halogens is 4. The van der Waals surface area contributed by atoms with Crippen molar-refractivity contribution in [1.82, 2.24) is 0 Å². The normalized spacial score (nSPS) is 10.5. The molecule has 100 valence electrons. The highest BCUT2D eigenvalue weighted by atomic mass is 79.9. The van der Waals surface area contributed by atoms with E-state index in [4.69, 9.17) is 10.5 Å². The largest absolute Gasteiger partial charge is 0.486 e. The monoisotopic (exact) mass is 391 g/mol. The summed E-state index contributed by atoms with van der Waals surface area (Å²) in [7, 11) is 0. The molecule has 0 spiro atoms. The zero-order valence-corrected chi connectivity index (χ0v) is 12.8. The van der Waals surface area contributed by atoms with E-state index in [1.54, 1.807) is 12.1 Å². The Labute approximate surface area is 125 Å².